The first-order chi connectivity index (χ1) is 34.3. The summed E-state index contributed by atoms with van der Waals surface area (Å²) in [6.45, 7) is 11.9. The molecule has 2 amide bonds. The molecule has 7 rings (SSSR count). The third-order valence-electron chi connectivity index (χ3n) is 14.5. The first-order valence-electron chi connectivity index (χ1n) is 26.3. The molecule has 2 aliphatic heterocycles. The number of hydrogen-bond acceptors (Lipinski definition) is 6. The lowest BCUT2D eigenvalue weighted by Crippen LogP contribution is -2.29. The van der Waals surface area contributed by atoms with E-state index in [1.807, 2.05) is 0 Å². The molecule has 0 spiro atoms. The number of rotatable bonds is 23. The van der Waals surface area contributed by atoms with Gasteiger partial charge in [-0.25, -0.2) is 4.79 Å². The van der Waals surface area contributed by atoms with Crippen molar-refractivity contribution in [2.24, 2.45) is 0 Å². The summed E-state index contributed by atoms with van der Waals surface area (Å²) in [5.74, 6) is -0.131. The van der Waals surface area contributed by atoms with Crippen molar-refractivity contribution in [3.8, 4) is 0 Å². The molecule has 71 heavy (non-hydrogen) atoms. The Hall–Kier alpha value is -5.78. The molecule has 11 heteroatoms. The zero-order chi connectivity index (χ0) is 50.3. The number of unbranched alkanes of at least 4 members (excludes halogenated alkanes) is 6. The molecule has 4 aromatic rings. The summed E-state index contributed by atoms with van der Waals surface area (Å²) >= 11 is 0. The van der Waals surface area contributed by atoms with Crippen molar-refractivity contribution in [3.63, 3.8) is 0 Å². The van der Waals surface area contributed by atoms with Crippen LogP contribution < -0.4 is 15.5 Å². The molecule has 0 fully saturated rings. The summed E-state index contributed by atoms with van der Waals surface area (Å²) in [6.07, 6.45) is 32.0. The van der Waals surface area contributed by atoms with E-state index in [9.17, 15) is 22.6 Å². The van der Waals surface area contributed by atoms with Crippen LogP contribution in [0.5, 0.6) is 0 Å². The van der Waals surface area contributed by atoms with Crippen molar-refractivity contribution in [3.05, 3.63) is 144 Å². The summed E-state index contributed by atoms with van der Waals surface area (Å²) in [6, 6.07) is 25.9. The van der Waals surface area contributed by atoms with Gasteiger partial charge in [0.1, 0.15) is 12.6 Å². The van der Waals surface area contributed by atoms with E-state index >= 15 is 0 Å². The molecule has 0 radical (unpaired) electrons. The maximum Gasteiger partial charge on any atom is 0.407 e. The van der Waals surface area contributed by atoms with Gasteiger partial charge in [-0.2, -0.15) is 13.0 Å². The summed E-state index contributed by atoms with van der Waals surface area (Å²) in [5.41, 5.74) is 6.86. The second-order valence-electron chi connectivity index (χ2n) is 20.5. The highest BCUT2D eigenvalue weighted by molar-refractivity contribution is 7.85. The molecule has 1 aliphatic carbocycles. The Balaban J connectivity index is 0.917. The molecule has 10 nitrogen and oxygen atoms in total. The zero-order valence-corrected chi connectivity index (χ0v) is 43.5. The summed E-state index contributed by atoms with van der Waals surface area (Å²) in [4.78, 5) is 27.3. The maximum atomic E-state index is 12.7. The third kappa shape index (κ3) is 14.0. The van der Waals surface area contributed by atoms with Crippen LogP contribution >= 0.6 is 0 Å². The quantitative estimate of drug-likeness (QED) is 0.0222. The van der Waals surface area contributed by atoms with Gasteiger partial charge in [-0.1, -0.05) is 124 Å². The van der Waals surface area contributed by atoms with Crippen molar-refractivity contribution in [2.75, 3.05) is 36.8 Å². The maximum absolute atomic E-state index is 12.7. The molecule has 0 aromatic heterocycles. The minimum Gasteiger partial charge on any atom is -0.446 e. The van der Waals surface area contributed by atoms with Crippen LogP contribution in [0, 0.1) is 0 Å². The Kier molecular flexibility index (Phi) is 18.7. The van der Waals surface area contributed by atoms with Crippen LogP contribution in [0.15, 0.2) is 133 Å². The summed E-state index contributed by atoms with van der Waals surface area (Å²) in [5, 5.41) is 10.9. The van der Waals surface area contributed by atoms with E-state index in [-0.39, 0.29) is 34.7 Å². The van der Waals surface area contributed by atoms with E-state index in [1.54, 1.807) is 0 Å². The predicted molar refractivity (Wildman–Crippen MR) is 293 cm³/mol. The SMILES string of the molecule is CC1(C)C(=CC=CC=CC=CC2=[N+](CCCCCC(=O)NCCCCCCNC(=O)OC3C/C=C/CCCC3)c3ccc4ccccc4c3C2(C)C)N(CCCCS(=O)(=O)O)c2ccc3ccccc3c21. The Bertz CT molecular complexity index is 2800. The van der Waals surface area contributed by atoms with Crippen LogP contribution in [0.3, 0.4) is 0 Å². The average Bonchev–Trinajstić information content (AvgIpc) is 3.69. The monoisotopic (exact) mass is 982 g/mol. The normalized spacial score (nSPS) is 18.7. The zero-order valence-electron chi connectivity index (χ0n) is 42.6. The predicted octanol–water partition coefficient (Wildman–Crippen LogP) is 13.2. The standard InChI is InChI=1S/C60H76N4O6S/c1-59(2)53(34-16-9-6-10-17-35-54-60(3,4)57-50-33-22-20-29-47(50)38-40-52(57)64(54)44-26-27-45-71(67,68)69)63(51-39-37-46-28-19-21-32-49(46)56(51)59)43-25-13-18-36-55(65)61-41-23-11-12-24-42-62-58(66)70-48-30-14-7-5-8-15-31-48/h6-7,9-10,14,16-17,19-22,28-29,32-35,37-40,48H,5,8,11-13,15,18,23-27,30-31,36,41-45H2,1-4H3,(H2-,61,62,65,66,67,68,69)/p+1/b14-7+. The van der Waals surface area contributed by atoms with Crippen LogP contribution in [0.2, 0.25) is 0 Å². The molecule has 1 unspecified atom stereocenters. The van der Waals surface area contributed by atoms with Gasteiger partial charge in [-0.15, -0.1) is 0 Å². The second-order valence-corrected chi connectivity index (χ2v) is 22.1. The fourth-order valence-corrected chi connectivity index (χ4v) is 11.4. The second kappa shape index (κ2) is 25.1. The van der Waals surface area contributed by atoms with Gasteiger partial charge in [-0.3, -0.25) is 9.35 Å². The lowest BCUT2D eigenvalue weighted by molar-refractivity contribution is -0.438. The van der Waals surface area contributed by atoms with E-state index in [0.29, 0.717) is 38.9 Å². The highest BCUT2D eigenvalue weighted by Crippen LogP contribution is 2.51. The average molecular weight is 982 g/mol. The lowest BCUT2D eigenvalue weighted by atomic mass is 9.79. The van der Waals surface area contributed by atoms with E-state index < -0.39 is 10.1 Å². The first-order valence-corrected chi connectivity index (χ1v) is 27.9. The smallest absolute Gasteiger partial charge is 0.407 e. The fourth-order valence-electron chi connectivity index (χ4n) is 10.9. The number of amides is 2. The number of allylic oxidation sites excluding steroid dienone is 9. The molecule has 0 bridgehead atoms. The Morgan fingerprint density at radius 3 is 2.17 bits per heavy atom. The van der Waals surface area contributed by atoms with Gasteiger partial charge in [0.05, 0.1) is 11.2 Å². The van der Waals surface area contributed by atoms with Crippen molar-refractivity contribution < 1.29 is 31.9 Å². The van der Waals surface area contributed by atoms with Crippen LogP contribution in [0.4, 0.5) is 16.2 Å². The van der Waals surface area contributed by atoms with Crippen molar-refractivity contribution in [1.29, 1.82) is 0 Å². The molecule has 4 aromatic carbocycles. The van der Waals surface area contributed by atoms with Crippen LogP contribution in [0.1, 0.15) is 135 Å². The Morgan fingerprint density at radius 2 is 1.41 bits per heavy atom. The summed E-state index contributed by atoms with van der Waals surface area (Å²) < 4.78 is 40.4. The number of benzene rings is 4. The van der Waals surface area contributed by atoms with Crippen LogP contribution in [-0.4, -0.2) is 73.3 Å². The highest BCUT2D eigenvalue weighted by Gasteiger charge is 2.45. The van der Waals surface area contributed by atoms with Crippen LogP contribution in [-0.2, 0) is 30.5 Å². The van der Waals surface area contributed by atoms with Crippen molar-refractivity contribution >= 4 is 60.7 Å². The molecule has 0 saturated carbocycles. The van der Waals surface area contributed by atoms with Gasteiger partial charge in [0, 0.05) is 73.4 Å². The number of carbonyl (C=O) groups excluding carboxylic acids is 2. The molecule has 3 aliphatic rings. The molecule has 0 saturated heterocycles. The van der Waals surface area contributed by atoms with E-state index in [2.05, 4.69) is 175 Å². The highest BCUT2D eigenvalue weighted by atomic mass is 32.2. The fraction of sp³-hybridized carbons (Fsp3) is 0.450. The van der Waals surface area contributed by atoms with E-state index in [4.69, 9.17) is 4.74 Å². The first kappa shape index (κ1) is 53.0. The number of anilines is 1. The van der Waals surface area contributed by atoms with Gasteiger partial charge < -0.3 is 20.3 Å². The number of alkyl carbamates (subject to hydrolysis) is 1. The third-order valence-corrected chi connectivity index (χ3v) is 15.3. The molecule has 378 valence electrons. The largest absolute Gasteiger partial charge is 0.446 e. The molecule has 3 N–H and O–H groups in total. The van der Waals surface area contributed by atoms with Gasteiger partial charge >= 0.3 is 6.09 Å². The van der Waals surface area contributed by atoms with Gasteiger partial charge in [0.15, 0.2) is 5.71 Å². The molecular formula is C60H77N4O6S+. The molecular weight excluding hydrogens is 905 g/mol. The number of hydrogen-bond donors (Lipinski definition) is 3. The number of carbonyl (C=O) groups is 2. The minimum atomic E-state index is -4.01. The van der Waals surface area contributed by atoms with Crippen molar-refractivity contribution in [2.45, 2.75) is 141 Å². The van der Waals surface area contributed by atoms with Crippen molar-refractivity contribution in [1.82, 2.24) is 10.6 Å². The molecule has 2 heterocycles. The Morgan fingerprint density at radius 1 is 0.732 bits per heavy atom. The number of fused-ring (bicyclic) bond motifs is 6. The number of nitrogens with zero attached hydrogens (tertiary/aromatic N) is 2. The van der Waals surface area contributed by atoms with Gasteiger partial charge in [0.25, 0.3) is 10.1 Å². The number of nitrogens with one attached hydrogen (secondary N) is 2. The van der Waals surface area contributed by atoms with Crippen LogP contribution in [0.25, 0.3) is 21.5 Å². The van der Waals surface area contributed by atoms with Gasteiger partial charge in [-0.05, 0) is 123 Å². The minimum absolute atomic E-state index is 0.0262. The van der Waals surface area contributed by atoms with E-state index in [1.165, 1.54) is 44.1 Å². The topological polar surface area (TPSA) is 128 Å². The van der Waals surface area contributed by atoms with E-state index in [0.717, 1.165) is 95.0 Å². The number of ether oxygens (including phenoxy) is 1. The lowest BCUT2D eigenvalue weighted by Gasteiger charge is -2.27. The van der Waals surface area contributed by atoms with Gasteiger partial charge in [0.2, 0.25) is 11.6 Å². The summed E-state index contributed by atoms with van der Waals surface area (Å²) in [7, 11) is -4.01. The Labute approximate surface area is 423 Å². The molecule has 1 atom stereocenters.